The number of amides is 3. The number of likely N-dealkylation sites (tertiary alicyclic amines) is 1. The summed E-state index contributed by atoms with van der Waals surface area (Å²) in [7, 11) is 0. The number of halogens is 3. The molecule has 36 heavy (non-hydrogen) atoms. The van der Waals surface area contributed by atoms with Crippen molar-refractivity contribution in [3.05, 3.63) is 77.9 Å². The number of hydrogen-bond acceptors (Lipinski definition) is 5. The zero-order valence-electron chi connectivity index (χ0n) is 19.0. The molecule has 0 unspecified atom stereocenters. The fourth-order valence-corrected chi connectivity index (χ4v) is 4.51. The second kappa shape index (κ2) is 10.3. The Morgan fingerprint density at radius 2 is 1.53 bits per heavy atom. The molecular formula is C26H23F3N2O5. The zero-order valence-corrected chi connectivity index (χ0v) is 19.0. The molecule has 0 spiro atoms. The number of nitrogens with one attached hydrogen (secondary N) is 1. The van der Waals surface area contributed by atoms with Gasteiger partial charge in [0.2, 0.25) is 11.8 Å². The molecule has 2 aliphatic rings. The van der Waals surface area contributed by atoms with Gasteiger partial charge < -0.3 is 10.1 Å². The Bertz CT molecular complexity index is 1170. The van der Waals surface area contributed by atoms with E-state index in [1.54, 1.807) is 30.3 Å². The lowest BCUT2D eigenvalue weighted by molar-refractivity contribution is -0.160. The minimum atomic E-state index is -4.69. The molecule has 0 bridgehead atoms. The van der Waals surface area contributed by atoms with Gasteiger partial charge in [-0.1, -0.05) is 54.6 Å². The van der Waals surface area contributed by atoms with Gasteiger partial charge in [0.25, 0.3) is 5.91 Å². The van der Waals surface area contributed by atoms with Crippen molar-refractivity contribution in [1.29, 1.82) is 0 Å². The smallest absolute Gasteiger partial charge is 0.418 e. The highest BCUT2D eigenvalue weighted by Crippen LogP contribution is 2.37. The van der Waals surface area contributed by atoms with Crippen molar-refractivity contribution in [3.63, 3.8) is 0 Å². The van der Waals surface area contributed by atoms with Crippen LogP contribution in [0.5, 0.6) is 0 Å². The SMILES string of the molecule is O=C(COC(=O)[C@@H](Cc1ccccc1)N1C(=O)[C@H]2CC=CC[C@H]2C1=O)Nc1ccccc1C(F)(F)F. The monoisotopic (exact) mass is 500 g/mol. The zero-order chi connectivity index (χ0) is 25.9. The number of hydrogen-bond donors (Lipinski definition) is 1. The normalized spacial score (nSPS) is 20.1. The number of para-hydroxylation sites is 1. The Labute approximate surface area is 204 Å². The second-order valence-electron chi connectivity index (χ2n) is 8.61. The Morgan fingerprint density at radius 3 is 2.14 bits per heavy atom. The number of ether oxygens (including phenoxy) is 1. The largest absolute Gasteiger partial charge is 0.454 e. The van der Waals surface area contributed by atoms with E-state index in [4.69, 9.17) is 4.74 Å². The molecule has 1 heterocycles. The van der Waals surface area contributed by atoms with E-state index >= 15 is 0 Å². The minimum absolute atomic E-state index is 0.0252. The van der Waals surface area contributed by atoms with Gasteiger partial charge >= 0.3 is 12.1 Å². The Hall–Kier alpha value is -3.95. The van der Waals surface area contributed by atoms with E-state index in [9.17, 15) is 32.3 Å². The van der Waals surface area contributed by atoms with Gasteiger partial charge in [-0.25, -0.2) is 4.79 Å². The van der Waals surface area contributed by atoms with Crippen molar-refractivity contribution >= 4 is 29.4 Å². The van der Waals surface area contributed by atoms with Gasteiger partial charge in [0.05, 0.1) is 23.1 Å². The van der Waals surface area contributed by atoms with Crippen LogP contribution in [0.2, 0.25) is 0 Å². The number of anilines is 1. The summed E-state index contributed by atoms with van der Waals surface area (Å²) >= 11 is 0. The first-order chi connectivity index (χ1) is 17.2. The van der Waals surface area contributed by atoms with Gasteiger partial charge in [-0.15, -0.1) is 0 Å². The average Bonchev–Trinajstić information content (AvgIpc) is 3.11. The number of carbonyl (C=O) groups excluding carboxylic acids is 4. The molecule has 188 valence electrons. The maximum atomic E-state index is 13.2. The van der Waals surface area contributed by atoms with Crippen molar-refractivity contribution < 1.29 is 37.1 Å². The van der Waals surface area contributed by atoms with Crippen LogP contribution in [0.15, 0.2) is 66.7 Å². The molecule has 1 saturated heterocycles. The number of fused-ring (bicyclic) bond motifs is 1. The molecule has 1 aliphatic heterocycles. The van der Waals surface area contributed by atoms with E-state index in [1.807, 2.05) is 12.2 Å². The summed E-state index contributed by atoms with van der Waals surface area (Å²) < 4.78 is 44.7. The van der Waals surface area contributed by atoms with Gasteiger partial charge in [0.1, 0.15) is 6.04 Å². The summed E-state index contributed by atoms with van der Waals surface area (Å²) in [6, 6.07) is 11.8. The van der Waals surface area contributed by atoms with Gasteiger partial charge in [0, 0.05) is 6.42 Å². The van der Waals surface area contributed by atoms with Crippen LogP contribution in [-0.2, 0) is 36.5 Å². The van der Waals surface area contributed by atoms with Gasteiger partial charge in [0.15, 0.2) is 6.61 Å². The van der Waals surface area contributed by atoms with E-state index in [0.717, 1.165) is 17.0 Å². The Kier molecular flexibility index (Phi) is 7.23. The number of allylic oxidation sites excluding steroid dienone is 2. The number of benzene rings is 2. The summed E-state index contributed by atoms with van der Waals surface area (Å²) in [5, 5.41) is 2.10. The summed E-state index contributed by atoms with van der Waals surface area (Å²) in [5.74, 6) is -4.06. The summed E-state index contributed by atoms with van der Waals surface area (Å²) in [4.78, 5) is 52.5. The van der Waals surface area contributed by atoms with Crippen molar-refractivity contribution in [2.24, 2.45) is 11.8 Å². The molecule has 4 rings (SSSR count). The molecule has 7 nitrogen and oxygen atoms in total. The molecule has 10 heteroatoms. The van der Waals surface area contributed by atoms with Crippen molar-refractivity contribution in [3.8, 4) is 0 Å². The molecular weight excluding hydrogens is 477 g/mol. The summed E-state index contributed by atoms with van der Waals surface area (Å²) in [6.45, 7) is -0.888. The lowest BCUT2D eigenvalue weighted by Crippen LogP contribution is -2.48. The van der Waals surface area contributed by atoms with Crippen LogP contribution in [0.25, 0.3) is 0 Å². The van der Waals surface area contributed by atoms with E-state index in [1.165, 1.54) is 12.1 Å². The molecule has 0 radical (unpaired) electrons. The molecule has 2 aromatic carbocycles. The summed E-state index contributed by atoms with van der Waals surface area (Å²) in [6.07, 6.45) is -0.293. The number of esters is 1. The van der Waals surface area contributed by atoms with Crippen LogP contribution in [-0.4, -0.2) is 41.2 Å². The van der Waals surface area contributed by atoms with Crippen molar-refractivity contribution in [2.45, 2.75) is 31.5 Å². The van der Waals surface area contributed by atoms with Crippen LogP contribution >= 0.6 is 0 Å². The number of alkyl halides is 3. The van der Waals surface area contributed by atoms with E-state index < -0.39 is 65.6 Å². The highest BCUT2D eigenvalue weighted by molar-refractivity contribution is 6.08. The van der Waals surface area contributed by atoms with E-state index in [2.05, 4.69) is 5.32 Å². The second-order valence-corrected chi connectivity index (χ2v) is 8.61. The standard InChI is InChI=1S/C26H23F3N2O5/c27-26(28,29)19-12-6-7-13-20(19)30-22(32)15-36-25(35)21(14-16-8-2-1-3-9-16)31-23(33)17-10-4-5-11-18(17)24(31)34/h1-9,12-13,17-18,21H,10-11,14-15H2,(H,30,32)/t17-,18+,21-/m1/s1. The maximum Gasteiger partial charge on any atom is 0.418 e. The molecule has 0 aromatic heterocycles. The molecule has 1 aliphatic carbocycles. The van der Waals surface area contributed by atoms with E-state index in [-0.39, 0.29) is 6.42 Å². The topological polar surface area (TPSA) is 92.8 Å². The molecule has 2 aromatic rings. The third kappa shape index (κ3) is 5.32. The third-order valence-corrected chi connectivity index (χ3v) is 6.25. The highest BCUT2D eigenvalue weighted by Gasteiger charge is 2.51. The number of imide groups is 1. The van der Waals surface area contributed by atoms with Crippen LogP contribution in [0.3, 0.4) is 0 Å². The fourth-order valence-electron chi connectivity index (χ4n) is 4.51. The third-order valence-electron chi connectivity index (χ3n) is 6.25. The van der Waals surface area contributed by atoms with Crippen LogP contribution in [0, 0.1) is 11.8 Å². The van der Waals surface area contributed by atoms with Crippen LogP contribution in [0.1, 0.15) is 24.0 Å². The van der Waals surface area contributed by atoms with Gasteiger partial charge in [-0.05, 0) is 30.5 Å². The molecule has 3 atom stereocenters. The average molecular weight is 500 g/mol. The molecule has 3 amide bonds. The first-order valence-corrected chi connectivity index (χ1v) is 11.4. The van der Waals surface area contributed by atoms with Gasteiger partial charge in [-0.3, -0.25) is 19.3 Å². The number of carbonyl (C=O) groups is 4. The molecule has 0 saturated carbocycles. The van der Waals surface area contributed by atoms with Gasteiger partial charge in [-0.2, -0.15) is 13.2 Å². The van der Waals surface area contributed by atoms with Crippen molar-refractivity contribution in [1.82, 2.24) is 4.90 Å². The van der Waals surface area contributed by atoms with Crippen LogP contribution < -0.4 is 5.32 Å². The first kappa shape index (κ1) is 25.2. The van der Waals surface area contributed by atoms with E-state index in [0.29, 0.717) is 18.4 Å². The Morgan fingerprint density at radius 1 is 0.944 bits per heavy atom. The lowest BCUT2D eigenvalue weighted by atomic mass is 9.85. The highest BCUT2D eigenvalue weighted by atomic mass is 19.4. The Balaban J connectivity index is 1.49. The maximum absolute atomic E-state index is 13.2. The number of nitrogens with zero attached hydrogens (tertiary/aromatic N) is 1. The first-order valence-electron chi connectivity index (χ1n) is 11.4. The molecule has 1 fully saturated rings. The number of rotatable bonds is 7. The predicted molar refractivity (Wildman–Crippen MR) is 122 cm³/mol. The van der Waals surface area contributed by atoms with Crippen LogP contribution in [0.4, 0.5) is 18.9 Å². The summed E-state index contributed by atoms with van der Waals surface area (Å²) in [5.41, 5.74) is -0.860. The quantitative estimate of drug-likeness (QED) is 0.355. The predicted octanol–water partition coefficient (Wildman–Crippen LogP) is 3.75. The fraction of sp³-hybridized carbons (Fsp3) is 0.308. The van der Waals surface area contributed by atoms with Crippen molar-refractivity contribution in [2.75, 3.05) is 11.9 Å². The molecule has 1 N–H and O–H groups in total. The lowest BCUT2D eigenvalue weighted by Gasteiger charge is -2.25. The minimum Gasteiger partial charge on any atom is -0.454 e.